The van der Waals surface area contributed by atoms with Gasteiger partial charge in [0.2, 0.25) is 0 Å². The van der Waals surface area contributed by atoms with E-state index in [1.165, 1.54) is 26.2 Å². The molecule has 1 saturated heterocycles. The Morgan fingerprint density at radius 1 is 1.23 bits per heavy atom. The van der Waals surface area contributed by atoms with Crippen LogP contribution in [0.15, 0.2) is 41.3 Å². The minimum atomic E-state index is -0.998. The Hall–Kier alpha value is -1.67. The Morgan fingerprint density at radius 3 is 2.52 bits per heavy atom. The lowest BCUT2D eigenvalue weighted by molar-refractivity contribution is -0.148. The number of amides is 2. The van der Waals surface area contributed by atoms with E-state index in [-0.39, 0.29) is 17.3 Å². The average Bonchev–Trinajstić information content (AvgIpc) is 2.99. The summed E-state index contributed by atoms with van der Waals surface area (Å²) in [6, 6.07) is 8.84. The van der Waals surface area contributed by atoms with Crippen molar-refractivity contribution in [1.82, 2.24) is 4.90 Å². The maximum atomic E-state index is 13.4. The summed E-state index contributed by atoms with van der Waals surface area (Å²) in [7, 11) is 1.20. The van der Waals surface area contributed by atoms with Gasteiger partial charge in [0.25, 0.3) is 11.1 Å². The third-order valence-corrected chi connectivity index (χ3v) is 6.83. The van der Waals surface area contributed by atoms with E-state index < -0.39 is 23.2 Å². The molecule has 0 radical (unpaired) electrons. The molecule has 0 bridgehead atoms. The molecular formula is C21H16FI2NO5S. The van der Waals surface area contributed by atoms with Gasteiger partial charge in [-0.1, -0.05) is 12.1 Å². The standard InChI is InChI=1S/C21H16FI2NO5S/c1-11(20(27)29-2)25-19(26)17(31-21(25)28)9-13-7-15(23)18(16(24)8-13)30-10-12-4-3-5-14(22)6-12/h3-9,11H,10H2,1-2H3/b17-9+/t11-/m0/s1. The number of methoxy groups -OCH3 is 1. The summed E-state index contributed by atoms with van der Waals surface area (Å²) in [4.78, 5) is 37.8. The topological polar surface area (TPSA) is 72.9 Å². The zero-order valence-electron chi connectivity index (χ0n) is 16.4. The van der Waals surface area contributed by atoms with E-state index in [1.54, 1.807) is 18.2 Å². The van der Waals surface area contributed by atoms with Crippen molar-refractivity contribution in [2.75, 3.05) is 7.11 Å². The third kappa shape index (κ3) is 5.58. The molecule has 0 aromatic heterocycles. The van der Waals surface area contributed by atoms with Crippen LogP contribution in [0.2, 0.25) is 0 Å². The van der Waals surface area contributed by atoms with E-state index in [4.69, 9.17) is 4.74 Å². The fourth-order valence-electron chi connectivity index (χ4n) is 2.82. The lowest BCUT2D eigenvalue weighted by Crippen LogP contribution is -2.42. The zero-order chi connectivity index (χ0) is 22.7. The van der Waals surface area contributed by atoms with Crippen LogP contribution in [0.25, 0.3) is 6.08 Å². The lowest BCUT2D eigenvalue weighted by Gasteiger charge is -2.18. The number of benzene rings is 2. The summed E-state index contributed by atoms with van der Waals surface area (Å²) in [5.74, 6) is -0.872. The fraction of sp³-hybridized carbons (Fsp3) is 0.190. The SMILES string of the molecule is COC(=O)[C@H](C)N1C(=O)S/C(=C/c2cc(I)c(OCc3cccc(F)c3)c(I)c2)C1=O. The summed E-state index contributed by atoms with van der Waals surface area (Å²) < 4.78 is 25.5. The van der Waals surface area contributed by atoms with Gasteiger partial charge in [-0.25, -0.2) is 9.18 Å². The molecule has 1 aliphatic rings. The normalized spacial score (nSPS) is 16.0. The number of hydrogen-bond donors (Lipinski definition) is 0. The molecule has 1 aliphatic heterocycles. The number of carbonyl (C=O) groups is 3. The van der Waals surface area contributed by atoms with E-state index in [0.717, 1.165) is 23.8 Å². The van der Waals surface area contributed by atoms with Crippen molar-refractivity contribution in [2.24, 2.45) is 0 Å². The number of esters is 1. The highest BCUT2D eigenvalue weighted by atomic mass is 127. The van der Waals surface area contributed by atoms with E-state index in [0.29, 0.717) is 16.9 Å². The number of carbonyl (C=O) groups excluding carboxylic acids is 3. The van der Waals surface area contributed by atoms with Crippen molar-refractivity contribution in [3.8, 4) is 5.75 Å². The predicted octanol–water partition coefficient (Wildman–Crippen LogP) is 5.21. The molecule has 2 aromatic carbocycles. The number of halogens is 3. The second-order valence-corrected chi connectivity index (χ2v) is 9.80. The van der Waals surface area contributed by atoms with Gasteiger partial charge in [-0.15, -0.1) is 0 Å². The molecule has 0 unspecified atom stereocenters. The quantitative estimate of drug-likeness (QED) is 0.240. The van der Waals surface area contributed by atoms with Gasteiger partial charge in [-0.2, -0.15) is 0 Å². The Balaban J connectivity index is 1.79. The molecule has 10 heteroatoms. The van der Waals surface area contributed by atoms with Gasteiger partial charge in [0, 0.05) is 0 Å². The number of nitrogens with zero attached hydrogens (tertiary/aromatic N) is 1. The van der Waals surface area contributed by atoms with Crippen LogP contribution >= 0.6 is 56.9 Å². The molecule has 2 aromatic rings. The second kappa shape index (κ2) is 10.3. The van der Waals surface area contributed by atoms with Gasteiger partial charge in [0.15, 0.2) is 0 Å². The summed E-state index contributed by atoms with van der Waals surface area (Å²) in [5, 5.41) is -0.520. The number of imide groups is 1. The van der Waals surface area contributed by atoms with Crippen molar-refractivity contribution < 1.29 is 28.2 Å². The van der Waals surface area contributed by atoms with Gasteiger partial charge in [-0.3, -0.25) is 14.5 Å². The fourth-order valence-corrected chi connectivity index (χ4v) is 5.86. The Bertz CT molecular complexity index is 1070. The molecule has 3 rings (SSSR count). The molecule has 0 aliphatic carbocycles. The Labute approximate surface area is 209 Å². The van der Waals surface area contributed by atoms with Crippen LogP contribution in [-0.2, 0) is 20.9 Å². The molecule has 1 heterocycles. The molecule has 162 valence electrons. The van der Waals surface area contributed by atoms with Crippen molar-refractivity contribution >= 4 is 80.1 Å². The minimum Gasteiger partial charge on any atom is -0.487 e. The van der Waals surface area contributed by atoms with E-state index in [1.807, 2.05) is 12.1 Å². The highest BCUT2D eigenvalue weighted by molar-refractivity contribution is 14.1. The summed E-state index contributed by atoms with van der Waals surface area (Å²) in [5.41, 5.74) is 1.42. The molecule has 31 heavy (non-hydrogen) atoms. The van der Waals surface area contributed by atoms with E-state index >= 15 is 0 Å². The van der Waals surface area contributed by atoms with Crippen molar-refractivity contribution in [3.05, 3.63) is 65.4 Å². The van der Waals surface area contributed by atoms with Crippen molar-refractivity contribution in [1.29, 1.82) is 0 Å². The van der Waals surface area contributed by atoms with Crippen LogP contribution in [0.3, 0.4) is 0 Å². The smallest absolute Gasteiger partial charge is 0.328 e. The average molecular weight is 667 g/mol. The largest absolute Gasteiger partial charge is 0.487 e. The highest BCUT2D eigenvalue weighted by Crippen LogP contribution is 2.36. The minimum absolute atomic E-state index is 0.216. The first kappa shape index (κ1) is 24.0. The number of ether oxygens (including phenoxy) is 2. The third-order valence-electron chi connectivity index (χ3n) is 4.34. The Kier molecular flexibility index (Phi) is 7.97. The molecule has 0 saturated carbocycles. The van der Waals surface area contributed by atoms with Crippen LogP contribution in [0.4, 0.5) is 9.18 Å². The molecule has 2 amide bonds. The Morgan fingerprint density at radius 2 is 1.90 bits per heavy atom. The van der Waals surface area contributed by atoms with Crippen LogP contribution < -0.4 is 4.74 Å². The first-order valence-corrected chi connectivity index (χ1v) is 11.9. The van der Waals surface area contributed by atoms with E-state index in [2.05, 4.69) is 49.9 Å². The van der Waals surface area contributed by atoms with Crippen molar-refractivity contribution in [3.63, 3.8) is 0 Å². The number of hydrogen-bond acceptors (Lipinski definition) is 6. The van der Waals surface area contributed by atoms with E-state index in [9.17, 15) is 18.8 Å². The van der Waals surface area contributed by atoms with Crippen LogP contribution in [0, 0.1) is 13.0 Å². The van der Waals surface area contributed by atoms with Gasteiger partial charge in [0.1, 0.15) is 24.2 Å². The predicted molar refractivity (Wildman–Crippen MR) is 132 cm³/mol. The molecule has 0 N–H and O–H groups in total. The number of thioether (sulfide) groups is 1. The van der Waals surface area contributed by atoms with Crippen molar-refractivity contribution in [2.45, 2.75) is 19.6 Å². The summed E-state index contributed by atoms with van der Waals surface area (Å²) in [6.07, 6.45) is 1.61. The highest BCUT2D eigenvalue weighted by Gasteiger charge is 2.41. The second-order valence-electron chi connectivity index (χ2n) is 6.48. The molecule has 1 atom stereocenters. The zero-order valence-corrected chi connectivity index (χ0v) is 21.5. The van der Waals surface area contributed by atoms with Gasteiger partial charge >= 0.3 is 5.97 Å². The summed E-state index contributed by atoms with van der Waals surface area (Å²) >= 11 is 5.02. The monoisotopic (exact) mass is 667 g/mol. The van der Waals surface area contributed by atoms with Gasteiger partial charge in [0.05, 0.1) is 19.2 Å². The van der Waals surface area contributed by atoms with Crippen LogP contribution in [0.1, 0.15) is 18.1 Å². The van der Waals surface area contributed by atoms with Gasteiger partial charge < -0.3 is 9.47 Å². The molecule has 0 spiro atoms. The van der Waals surface area contributed by atoms with Crippen LogP contribution in [0.5, 0.6) is 5.75 Å². The maximum absolute atomic E-state index is 13.4. The molecule has 6 nitrogen and oxygen atoms in total. The molecule has 1 fully saturated rings. The van der Waals surface area contributed by atoms with Crippen LogP contribution in [-0.4, -0.2) is 35.2 Å². The summed E-state index contributed by atoms with van der Waals surface area (Å²) in [6.45, 7) is 1.66. The molecular weight excluding hydrogens is 651 g/mol. The number of rotatable bonds is 6. The first-order chi connectivity index (χ1) is 14.7. The first-order valence-electron chi connectivity index (χ1n) is 8.92. The van der Waals surface area contributed by atoms with Gasteiger partial charge in [-0.05, 0) is 105 Å². The lowest BCUT2D eigenvalue weighted by atomic mass is 10.2. The maximum Gasteiger partial charge on any atom is 0.328 e.